The third-order valence-electron chi connectivity index (χ3n) is 4.93. The molecule has 1 fully saturated rings. The first-order chi connectivity index (χ1) is 9.93. The van der Waals surface area contributed by atoms with E-state index >= 15 is 0 Å². The van der Waals surface area contributed by atoms with Gasteiger partial charge in [0.25, 0.3) is 0 Å². The van der Waals surface area contributed by atoms with Gasteiger partial charge in [-0.2, -0.15) is 0 Å². The lowest BCUT2D eigenvalue weighted by Crippen LogP contribution is -2.27. The van der Waals surface area contributed by atoms with Crippen molar-refractivity contribution in [3.8, 4) is 5.75 Å². The molecule has 1 aromatic rings. The summed E-state index contributed by atoms with van der Waals surface area (Å²) < 4.78 is 5.73. The van der Waals surface area contributed by atoms with Crippen LogP contribution in [0.4, 0.5) is 0 Å². The maximum absolute atomic E-state index is 5.73. The van der Waals surface area contributed by atoms with Crippen molar-refractivity contribution in [1.29, 1.82) is 0 Å². The van der Waals surface area contributed by atoms with Crippen LogP contribution in [0, 0.1) is 5.92 Å². The van der Waals surface area contributed by atoms with Crippen LogP contribution in [0.2, 0.25) is 0 Å². The molecular weight excluding hydrogens is 246 g/mol. The summed E-state index contributed by atoms with van der Waals surface area (Å²) in [6.07, 6.45) is 9.81. The lowest BCUT2D eigenvalue weighted by molar-refractivity contribution is 0.263. The summed E-state index contributed by atoms with van der Waals surface area (Å²) in [5.41, 5.74) is 1.39. The molecule has 2 aliphatic rings. The summed E-state index contributed by atoms with van der Waals surface area (Å²) in [6.45, 7) is 3.16. The number of nitrogens with one attached hydrogen (secondary N) is 1. The molecule has 1 aliphatic heterocycles. The highest BCUT2D eigenvalue weighted by Crippen LogP contribution is 2.32. The molecule has 0 aromatic heterocycles. The van der Waals surface area contributed by atoms with Crippen molar-refractivity contribution < 1.29 is 4.74 Å². The Morgan fingerprint density at radius 2 is 1.90 bits per heavy atom. The van der Waals surface area contributed by atoms with Gasteiger partial charge in [-0.15, -0.1) is 0 Å². The van der Waals surface area contributed by atoms with Crippen molar-refractivity contribution in [1.82, 2.24) is 5.32 Å². The molecule has 1 aliphatic carbocycles. The van der Waals surface area contributed by atoms with Crippen LogP contribution in [-0.4, -0.2) is 19.7 Å². The number of hydrogen-bond donors (Lipinski definition) is 1. The Balaban J connectivity index is 1.43. The van der Waals surface area contributed by atoms with Crippen molar-refractivity contribution in [3.05, 3.63) is 29.8 Å². The average Bonchev–Trinajstić information content (AvgIpc) is 2.53. The van der Waals surface area contributed by atoms with E-state index in [1.165, 1.54) is 50.6 Å². The minimum Gasteiger partial charge on any atom is -0.493 e. The van der Waals surface area contributed by atoms with E-state index in [-0.39, 0.29) is 0 Å². The highest BCUT2D eigenvalue weighted by atomic mass is 16.5. The molecule has 0 spiro atoms. The van der Waals surface area contributed by atoms with Gasteiger partial charge in [-0.1, -0.05) is 50.3 Å². The second kappa shape index (κ2) is 7.12. The molecule has 1 saturated carbocycles. The predicted octanol–water partition coefficient (Wildman–Crippen LogP) is 4.11. The summed E-state index contributed by atoms with van der Waals surface area (Å²) >= 11 is 0. The monoisotopic (exact) mass is 273 g/mol. The van der Waals surface area contributed by atoms with Crippen molar-refractivity contribution >= 4 is 0 Å². The van der Waals surface area contributed by atoms with Gasteiger partial charge in [-0.3, -0.25) is 0 Å². The Morgan fingerprint density at radius 1 is 1.05 bits per heavy atom. The minimum absolute atomic E-state index is 0.631. The van der Waals surface area contributed by atoms with E-state index in [4.69, 9.17) is 4.74 Å². The van der Waals surface area contributed by atoms with Crippen molar-refractivity contribution in [2.45, 2.75) is 50.9 Å². The molecule has 0 radical (unpaired) electrons. The Hall–Kier alpha value is -1.02. The smallest absolute Gasteiger partial charge is 0.122 e. The van der Waals surface area contributed by atoms with Crippen LogP contribution in [0.1, 0.15) is 56.4 Å². The maximum Gasteiger partial charge on any atom is 0.122 e. The largest absolute Gasteiger partial charge is 0.493 e. The van der Waals surface area contributed by atoms with Gasteiger partial charge in [-0.05, 0) is 36.9 Å². The van der Waals surface area contributed by atoms with Crippen molar-refractivity contribution in [2.24, 2.45) is 5.92 Å². The standard InChI is InChI=1S/C18H27NO/c1-2-6-15(7-3-1)10-12-19-14-16-11-13-20-18-9-5-4-8-17(16)18/h4-5,8-9,15-16,19H,1-3,6-7,10-14H2. The minimum atomic E-state index is 0.631. The molecule has 3 rings (SSSR count). The third kappa shape index (κ3) is 3.54. The van der Waals surface area contributed by atoms with Crippen molar-refractivity contribution in [2.75, 3.05) is 19.7 Å². The molecule has 1 heterocycles. The molecule has 20 heavy (non-hydrogen) atoms. The molecule has 2 heteroatoms. The van der Waals surface area contributed by atoms with Crippen LogP contribution in [0.5, 0.6) is 5.75 Å². The van der Waals surface area contributed by atoms with Crippen LogP contribution >= 0.6 is 0 Å². The zero-order valence-corrected chi connectivity index (χ0v) is 12.4. The number of fused-ring (bicyclic) bond motifs is 1. The van der Waals surface area contributed by atoms with Crippen LogP contribution in [-0.2, 0) is 0 Å². The molecule has 0 saturated heterocycles. The van der Waals surface area contributed by atoms with E-state index in [0.29, 0.717) is 5.92 Å². The molecule has 2 nitrogen and oxygen atoms in total. The van der Waals surface area contributed by atoms with Gasteiger partial charge in [0.15, 0.2) is 0 Å². The van der Waals surface area contributed by atoms with Gasteiger partial charge in [0.05, 0.1) is 6.61 Å². The molecule has 1 atom stereocenters. The SMILES string of the molecule is c1ccc2c(c1)OCCC2CNCCC1CCCCC1. The molecule has 1 aromatic carbocycles. The number of para-hydroxylation sites is 1. The molecule has 0 bridgehead atoms. The summed E-state index contributed by atoms with van der Waals surface area (Å²) in [7, 11) is 0. The summed E-state index contributed by atoms with van der Waals surface area (Å²) in [5, 5.41) is 3.69. The fraction of sp³-hybridized carbons (Fsp3) is 0.667. The second-order valence-electron chi connectivity index (χ2n) is 6.37. The summed E-state index contributed by atoms with van der Waals surface area (Å²) in [5.74, 6) is 2.71. The Morgan fingerprint density at radius 3 is 2.80 bits per heavy atom. The first kappa shape index (κ1) is 13.9. The first-order valence-corrected chi connectivity index (χ1v) is 8.36. The summed E-state index contributed by atoms with van der Waals surface area (Å²) in [6, 6.07) is 8.52. The topological polar surface area (TPSA) is 21.3 Å². The lowest BCUT2D eigenvalue weighted by atomic mass is 9.87. The average molecular weight is 273 g/mol. The number of rotatable bonds is 5. The Labute approximate surface area is 122 Å². The van der Waals surface area contributed by atoms with E-state index in [0.717, 1.165) is 31.2 Å². The number of hydrogen-bond acceptors (Lipinski definition) is 2. The van der Waals surface area contributed by atoms with E-state index in [1.54, 1.807) is 0 Å². The summed E-state index contributed by atoms with van der Waals surface area (Å²) in [4.78, 5) is 0. The highest BCUT2D eigenvalue weighted by molar-refractivity contribution is 5.37. The Kier molecular flexibility index (Phi) is 4.96. The van der Waals surface area contributed by atoms with Crippen LogP contribution in [0.15, 0.2) is 24.3 Å². The van der Waals surface area contributed by atoms with E-state index < -0.39 is 0 Å². The Bertz CT molecular complexity index is 412. The highest BCUT2D eigenvalue weighted by Gasteiger charge is 2.20. The van der Waals surface area contributed by atoms with E-state index in [1.807, 2.05) is 0 Å². The van der Waals surface area contributed by atoms with Crippen LogP contribution < -0.4 is 10.1 Å². The maximum atomic E-state index is 5.73. The van der Waals surface area contributed by atoms with Gasteiger partial charge in [0.2, 0.25) is 0 Å². The molecular formula is C18H27NO. The van der Waals surface area contributed by atoms with Gasteiger partial charge < -0.3 is 10.1 Å². The quantitative estimate of drug-likeness (QED) is 0.815. The molecule has 1 N–H and O–H groups in total. The fourth-order valence-corrected chi connectivity index (χ4v) is 3.69. The molecule has 1 unspecified atom stereocenters. The zero-order valence-electron chi connectivity index (χ0n) is 12.4. The normalized spacial score (nSPS) is 23.1. The van der Waals surface area contributed by atoms with E-state index in [2.05, 4.69) is 29.6 Å². The van der Waals surface area contributed by atoms with Gasteiger partial charge in [0.1, 0.15) is 5.75 Å². The van der Waals surface area contributed by atoms with Gasteiger partial charge >= 0.3 is 0 Å². The molecule has 110 valence electrons. The predicted molar refractivity (Wildman–Crippen MR) is 83.4 cm³/mol. The van der Waals surface area contributed by atoms with Crippen LogP contribution in [0.3, 0.4) is 0 Å². The first-order valence-electron chi connectivity index (χ1n) is 8.36. The van der Waals surface area contributed by atoms with Gasteiger partial charge in [0, 0.05) is 12.5 Å². The molecule has 0 amide bonds. The van der Waals surface area contributed by atoms with E-state index in [9.17, 15) is 0 Å². The third-order valence-corrected chi connectivity index (χ3v) is 4.93. The number of benzene rings is 1. The van der Waals surface area contributed by atoms with Crippen LogP contribution in [0.25, 0.3) is 0 Å². The number of ether oxygens (including phenoxy) is 1. The fourth-order valence-electron chi connectivity index (χ4n) is 3.69. The van der Waals surface area contributed by atoms with Gasteiger partial charge in [-0.25, -0.2) is 0 Å². The van der Waals surface area contributed by atoms with Crippen molar-refractivity contribution in [3.63, 3.8) is 0 Å². The zero-order chi connectivity index (χ0) is 13.6. The lowest BCUT2D eigenvalue weighted by Gasteiger charge is -2.27. The second-order valence-corrected chi connectivity index (χ2v) is 6.37.